The number of imidazole rings is 1. The van der Waals surface area contributed by atoms with Gasteiger partial charge in [-0.25, -0.2) is 4.98 Å². The molecule has 0 saturated heterocycles. The number of carbonyl (C=O) groups excluding carboxylic acids is 1. The number of benzene rings is 4. The number of hydrogen-bond acceptors (Lipinski definition) is 5. The topological polar surface area (TPSA) is 91.4 Å². The third kappa shape index (κ3) is 7.52. The van der Waals surface area contributed by atoms with E-state index in [2.05, 4.69) is 115 Å². The van der Waals surface area contributed by atoms with Crippen molar-refractivity contribution in [3.63, 3.8) is 0 Å². The maximum atomic E-state index is 13.0. The fourth-order valence-electron chi connectivity index (χ4n) is 7.14. The molecule has 7 rings (SSSR count). The van der Waals surface area contributed by atoms with Crippen molar-refractivity contribution in [3.8, 4) is 33.8 Å². The molecule has 0 atom stereocenters. The zero-order valence-corrected chi connectivity index (χ0v) is 29.6. The molecule has 0 fully saturated rings. The fraction of sp³-hybridized carbons (Fsp3) is 0.273. The van der Waals surface area contributed by atoms with E-state index in [0.717, 1.165) is 47.6 Å². The molecule has 1 aromatic heterocycles. The Hall–Kier alpha value is -5.08. The highest BCUT2D eigenvalue weighted by Gasteiger charge is 2.26. The lowest BCUT2D eigenvalue weighted by Gasteiger charge is -2.17. The van der Waals surface area contributed by atoms with Gasteiger partial charge in [-0.2, -0.15) is 0 Å². The molecule has 5 aromatic rings. The number of allylic oxidation sites excluding steroid dienone is 4. The summed E-state index contributed by atoms with van der Waals surface area (Å²) in [5.41, 5.74) is 20.6. The van der Waals surface area contributed by atoms with E-state index in [-0.39, 0.29) is 5.91 Å². The SMILES string of the molecule is CC1=C(c2nc(-c3ccc4c(c3)-c3ccccc3C4)n(Cc3ccc(C(=O)NCCOCCOCCN)cc3)c2-c2ccccc2C)C=CCC1. The summed E-state index contributed by atoms with van der Waals surface area (Å²) in [7, 11) is 0. The van der Waals surface area contributed by atoms with E-state index in [9.17, 15) is 4.79 Å². The maximum Gasteiger partial charge on any atom is 0.251 e. The first-order valence-corrected chi connectivity index (χ1v) is 18.0. The van der Waals surface area contributed by atoms with Crippen LogP contribution in [0.15, 0.2) is 109 Å². The van der Waals surface area contributed by atoms with Crippen molar-refractivity contribution in [2.45, 2.75) is 39.7 Å². The van der Waals surface area contributed by atoms with E-state index in [0.29, 0.717) is 51.6 Å². The highest BCUT2D eigenvalue weighted by molar-refractivity contribution is 5.94. The van der Waals surface area contributed by atoms with E-state index < -0.39 is 0 Å². The minimum absolute atomic E-state index is 0.124. The van der Waals surface area contributed by atoms with Gasteiger partial charge in [-0.1, -0.05) is 90.5 Å². The summed E-state index contributed by atoms with van der Waals surface area (Å²) in [6.07, 6.45) is 7.54. The summed E-state index contributed by atoms with van der Waals surface area (Å²) in [5, 5.41) is 2.96. The number of carbonyl (C=O) groups is 1. The molecule has 51 heavy (non-hydrogen) atoms. The number of ether oxygens (including phenoxy) is 2. The van der Waals surface area contributed by atoms with Crippen molar-refractivity contribution in [1.82, 2.24) is 14.9 Å². The summed E-state index contributed by atoms with van der Waals surface area (Å²) < 4.78 is 13.3. The molecule has 1 amide bonds. The lowest BCUT2D eigenvalue weighted by atomic mass is 9.93. The number of rotatable bonds is 14. The van der Waals surface area contributed by atoms with E-state index in [1.54, 1.807) is 0 Å². The minimum atomic E-state index is -0.124. The second-order valence-corrected chi connectivity index (χ2v) is 13.3. The molecule has 0 bridgehead atoms. The Kier molecular flexibility index (Phi) is 10.7. The largest absolute Gasteiger partial charge is 0.378 e. The van der Waals surface area contributed by atoms with Crippen LogP contribution in [0.25, 0.3) is 39.3 Å². The predicted octanol–water partition coefficient (Wildman–Crippen LogP) is 7.99. The quantitative estimate of drug-likeness (QED) is 0.114. The smallest absolute Gasteiger partial charge is 0.251 e. The van der Waals surface area contributed by atoms with Crippen LogP contribution < -0.4 is 11.1 Å². The summed E-state index contributed by atoms with van der Waals surface area (Å²) in [5.74, 6) is 0.811. The Balaban J connectivity index is 1.24. The molecular weight excluding hydrogens is 633 g/mol. The van der Waals surface area contributed by atoms with Crippen molar-refractivity contribution in [2.75, 3.05) is 39.5 Å². The van der Waals surface area contributed by atoms with E-state index in [1.807, 2.05) is 12.1 Å². The highest BCUT2D eigenvalue weighted by atomic mass is 16.5. The average Bonchev–Trinajstić information content (AvgIpc) is 3.71. The number of nitrogens with two attached hydrogens (primary N) is 1. The molecule has 7 nitrogen and oxygen atoms in total. The molecule has 0 radical (unpaired) electrons. The Morgan fingerprint density at radius 3 is 2.37 bits per heavy atom. The molecule has 7 heteroatoms. The van der Waals surface area contributed by atoms with Crippen molar-refractivity contribution < 1.29 is 14.3 Å². The van der Waals surface area contributed by atoms with Crippen LogP contribution in [0.4, 0.5) is 0 Å². The van der Waals surface area contributed by atoms with Gasteiger partial charge in [0.15, 0.2) is 0 Å². The third-order valence-corrected chi connectivity index (χ3v) is 9.83. The van der Waals surface area contributed by atoms with Gasteiger partial charge in [-0.05, 0) is 84.7 Å². The molecule has 0 spiro atoms. The van der Waals surface area contributed by atoms with Crippen LogP contribution >= 0.6 is 0 Å². The number of aryl methyl sites for hydroxylation is 1. The molecule has 4 aromatic carbocycles. The van der Waals surface area contributed by atoms with Gasteiger partial charge in [-0.15, -0.1) is 0 Å². The fourth-order valence-corrected chi connectivity index (χ4v) is 7.14. The van der Waals surface area contributed by atoms with E-state index >= 15 is 0 Å². The first-order chi connectivity index (χ1) is 25.0. The molecule has 3 N–H and O–H groups in total. The second kappa shape index (κ2) is 15.9. The van der Waals surface area contributed by atoms with E-state index in [1.165, 1.54) is 44.5 Å². The zero-order chi connectivity index (χ0) is 35.2. The molecule has 0 saturated carbocycles. The number of hydrogen-bond donors (Lipinski definition) is 2. The molecule has 1 heterocycles. The number of nitrogens with zero attached hydrogens (tertiary/aromatic N) is 2. The van der Waals surface area contributed by atoms with Crippen LogP contribution in [0, 0.1) is 6.92 Å². The van der Waals surface area contributed by atoms with Crippen LogP contribution in [0.3, 0.4) is 0 Å². The number of nitrogens with one attached hydrogen (secondary N) is 1. The Morgan fingerprint density at radius 1 is 0.843 bits per heavy atom. The van der Waals surface area contributed by atoms with Gasteiger partial charge in [0.1, 0.15) is 5.82 Å². The van der Waals surface area contributed by atoms with Crippen molar-refractivity contribution in [2.24, 2.45) is 5.73 Å². The average molecular weight is 679 g/mol. The normalized spacial score (nSPS) is 13.4. The predicted molar refractivity (Wildman–Crippen MR) is 206 cm³/mol. The van der Waals surface area contributed by atoms with Gasteiger partial charge in [0.2, 0.25) is 0 Å². The number of aromatic nitrogens is 2. The van der Waals surface area contributed by atoms with Crippen LogP contribution in [-0.2, 0) is 22.4 Å². The van der Waals surface area contributed by atoms with Gasteiger partial charge in [0.05, 0.1) is 37.8 Å². The summed E-state index contributed by atoms with van der Waals surface area (Å²) >= 11 is 0. The van der Waals surface area contributed by atoms with Crippen molar-refractivity contribution in [3.05, 3.63) is 142 Å². The van der Waals surface area contributed by atoms with Crippen LogP contribution in [0.1, 0.15) is 58.1 Å². The minimum Gasteiger partial charge on any atom is -0.378 e. The Morgan fingerprint density at radius 2 is 1.59 bits per heavy atom. The van der Waals surface area contributed by atoms with Gasteiger partial charge in [-0.3, -0.25) is 4.79 Å². The molecule has 2 aliphatic carbocycles. The molecular formula is C44H46N4O3. The van der Waals surface area contributed by atoms with Crippen LogP contribution in [0.2, 0.25) is 0 Å². The van der Waals surface area contributed by atoms with Gasteiger partial charge in [0.25, 0.3) is 5.91 Å². The highest BCUT2D eigenvalue weighted by Crippen LogP contribution is 2.42. The lowest BCUT2D eigenvalue weighted by Crippen LogP contribution is -2.27. The standard InChI is InChI=1S/C44H46N4O3/c1-30-9-3-6-12-37(30)41-42(38-13-7-4-10-31(38)2)48(43(47-41)36-20-19-35-27-34-11-5-8-14-39(34)40(35)28-36)29-32-15-17-33(18-16-32)44(49)46-22-24-51-26-25-50-23-21-45/h4-8,10-20,28H,3,9,21-27,29,45H2,1-2H3,(H,46,49). The van der Waals surface area contributed by atoms with Gasteiger partial charge in [0, 0.05) is 41.9 Å². The Bertz CT molecular complexity index is 2090. The second-order valence-electron chi connectivity index (χ2n) is 13.3. The molecule has 260 valence electrons. The molecule has 0 unspecified atom stereocenters. The first kappa shape index (κ1) is 34.4. The first-order valence-electron chi connectivity index (χ1n) is 18.0. The number of fused-ring (bicyclic) bond motifs is 3. The summed E-state index contributed by atoms with van der Waals surface area (Å²) in [6.45, 7) is 7.82. The van der Waals surface area contributed by atoms with Crippen LogP contribution in [-0.4, -0.2) is 55.0 Å². The Labute approximate surface area is 300 Å². The summed E-state index contributed by atoms with van der Waals surface area (Å²) in [4.78, 5) is 18.5. The van der Waals surface area contributed by atoms with Crippen molar-refractivity contribution in [1.29, 1.82) is 0 Å². The van der Waals surface area contributed by atoms with Crippen molar-refractivity contribution >= 4 is 11.5 Å². The summed E-state index contributed by atoms with van der Waals surface area (Å²) in [6, 6.07) is 32.0. The van der Waals surface area contributed by atoms with E-state index in [4.69, 9.17) is 20.2 Å². The zero-order valence-electron chi connectivity index (χ0n) is 29.6. The molecule has 2 aliphatic rings. The lowest BCUT2D eigenvalue weighted by molar-refractivity contribution is 0.0511. The third-order valence-electron chi connectivity index (χ3n) is 9.83. The monoisotopic (exact) mass is 678 g/mol. The maximum absolute atomic E-state index is 13.0. The molecule has 0 aliphatic heterocycles. The van der Waals surface area contributed by atoms with Crippen LogP contribution in [0.5, 0.6) is 0 Å². The van der Waals surface area contributed by atoms with Gasteiger partial charge >= 0.3 is 0 Å². The number of amides is 1. The van der Waals surface area contributed by atoms with Gasteiger partial charge < -0.3 is 25.1 Å².